The van der Waals surface area contributed by atoms with Gasteiger partial charge >= 0.3 is 0 Å². The Morgan fingerprint density at radius 3 is 2.82 bits per heavy atom. The van der Waals surface area contributed by atoms with Crippen molar-refractivity contribution in [3.63, 3.8) is 0 Å². The molecule has 0 saturated heterocycles. The summed E-state index contributed by atoms with van der Waals surface area (Å²) in [5, 5.41) is 4.39. The van der Waals surface area contributed by atoms with Gasteiger partial charge in [0.25, 0.3) is 0 Å². The van der Waals surface area contributed by atoms with Gasteiger partial charge in [-0.1, -0.05) is 6.92 Å². The fraction of sp³-hybridized carbons (Fsp3) is 0.333. The molecule has 0 unspecified atom stereocenters. The smallest absolute Gasteiger partial charge is 0.158 e. The second-order valence-electron chi connectivity index (χ2n) is 3.96. The van der Waals surface area contributed by atoms with E-state index in [-0.39, 0.29) is 0 Å². The largest absolute Gasteiger partial charge is 0.398 e. The zero-order chi connectivity index (χ0) is 12.4. The highest BCUT2D eigenvalue weighted by Crippen LogP contribution is 2.26. The minimum Gasteiger partial charge on any atom is -0.398 e. The van der Waals surface area contributed by atoms with Crippen molar-refractivity contribution in [2.24, 2.45) is 7.05 Å². The molecule has 0 aliphatic carbocycles. The summed E-state index contributed by atoms with van der Waals surface area (Å²) < 4.78 is 2.69. The fourth-order valence-corrected chi connectivity index (χ4v) is 2.06. The molecule has 0 aliphatic heterocycles. The minimum atomic E-state index is 0.727. The number of benzene rings is 1. The van der Waals surface area contributed by atoms with Crippen molar-refractivity contribution in [1.29, 1.82) is 0 Å². The van der Waals surface area contributed by atoms with Crippen LogP contribution in [-0.2, 0) is 13.5 Å². The summed E-state index contributed by atoms with van der Waals surface area (Å²) in [5.74, 6) is 1.76. The molecule has 2 N–H and O–H groups in total. The lowest BCUT2D eigenvalue weighted by molar-refractivity contribution is 0.737. The zero-order valence-corrected chi connectivity index (χ0v) is 11.5. The number of halogens is 1. The summed E-state index contributed by atoms with van der Waals surface area (Å²) in [6.07, 6.45) is 1.96. The highest BCUT2D eigenvalue weighted by molar-refractivity contribution is 9.10. The lowest BCUT2D eigenvalue weighted by Gasteiger charge is -2.02. The van der Waals surface area contributed by atoms with Crippen LogP contribution < -0.4 is 5.73 Å². The van der Waals surface area contributed by atoms with E-state index in [2.05, 4.69) is 32.9 Å². The van der Waals surface area contributed by atoms with Gasteiger partial charge in [-0.3, -0.25) is 0 Å². The van der Waals surface area contributed by atoms with Crippen LogP contribution in [0, 0.1) is 0 Å². The number of hydrogen-bond acceptors (Lipinski definition) is 3. The van der Waals surface area contributed by atoms with E-state index in [0.717, 1.165) is 40.2 Å². The monoisotopic (exact) mass is 294 g/mol. The number of nitrogen functional groups attached to an aromatic ring is 1. The van der Waals surface area contributed by atoms with E-state index in [1.807, 2.05) is 29.9 Å². The maximum absolute atomic E-state index is 5.77. The Kier molecular flexibility index (Phi) is 3.47. The van der Waals surface area contributed by atoms with Crippen LogP contribution in [0.4, 0.5) is 5.69 Å². The van der Waals surface area contributed by atoms with E-state index in [1.54, 1.807) is 0 Å². The second kappa shape index (κ2) is 4.87. The van der Waals surface area contributed by atoms with Crippen LogP contribution in [0.1, 0.15) is 19.2 Å². The van der Waals surface area contributed by atoms with E-state index in [1.165, 1.54) is 0 Å². The molecular weight excluding hydrogens is 280 g/mol. The Morgan fingerprint density at radius 1 is 1.41 bits per heavy atom. The van der Waals surface area contributed by atoms with Crippen molar-refractivity contribution in [2.45, 2.75) is 19.8 Å². The van der Waals surface area contributed by atoms with Crippen LogP contribution in [0.2, 0.25) is 0 Å². The van der Waals surface area contributed by atoms with Crippen molar-refractivity contribution < 1.29 is 0 Å². The van der Waals surface area contributed by atoms with Gasteiger partial charge in [-0.05, 0) is 40.5 Å². The number of aromatic nitrogens is 3. The van der Waals surface area contributed by atoms with Crippen LogP contribution in [0.3, 0.4) is 0 Å². The van der Waals surface area contributed by atoms with Crippen LogP contribution in [0.5, 0.6) is 0 Å². The summed E-state index contributed by atoms with van der Waals surface area (Å²) >= 11 is 3.42. The van der Waals surface area contributed by atoms with Crippen molar-refractivity contribution in [2.75, 3.05) is 5.73 Å². The Bertz CT molecular complexity index is 533. The Morgan fingerprint density at radius 2 is 2.18 bits per heavy atom. The van der Waals surface area contributed by atoms with Gasteiger partial charge in [0.1, 0.15) is 0 Å². The van der Waals surface area contributed by atoms with Crippen LogP contribution in [0.15, 0.2) is 22.7 Å². The molecule has 0 fully saturated rings. The maximum atomic E-state index is 5.77. The molecule has 1 aromatic carbocycles. The summed E-state index contributed by atoms with van der Waals surface area (Å²) in [7, 11) is 1.91. The standard InChI is InChI=1S/C12H15BrN4/c1-3-4-11-15-12(17(2)16-11)8-5-6-10(14)9(13)7-8/h5-7H,3-4,14H2,1-2H3. The van der Waals surface area contributed by atoms with Crippen molar-refractivity contribution in [3.05, 3.63) is 28.5 Å². The molecule has 0 amide bonds. The second-order valence-corrected chi connectivity index (χ2v) is 4.82. The average Bonchev–Trinajstić information content (AvgIpc) is 2.64. The van der Waals surface area contributed by atoms with E-state index in [4.69, 9.17) is 5.73 Å². The van der Waals surface area contributed by atoms with E-state index >= 15 is 0 Å². The molecule has 1 aromatic heterocycles. The predicted octanol–water partition coefficient (Wildman–Crippen LogP) is 2.78. The maximum Gasteiger partial charge on any atom is 0.158 e. The van der Waals surface area contributed by atoms with Gasteiger partial charge < -0.3 is 5.73 Å². The third kappa shape index (κ3) is 2.49. The number of nitrogens with zero attached hydrogens (tertiary/aromatic N) is 3. The third-order valence-corrected chi connectivity index (χ3v) is 3.23. The summed E-state index contributed by atoms with van der Waals surface area (Å²) in [6.45, 7) is 2.12. The van der Waals surface area contributed by atoms with Gasteiger partial charge in [-0.2, -0.15) is 5.10 Å². The van der Waals surface area contributed by atoms with Crippen LogP contribution in [-0.4, -0.2) is 14.8 Å². The first-order valence-corrected chi connectivity index (χ1v) is 6.36. The lowest BCUT2D eigenvalue weighted by Crippen LogP contribution is -1.95. The Balaban J connectivity index is 2.41. The van der Waals surface area contributed by atoms with Crippen molar-refractivity contribution in [3.8, 4) is 11.4 Å². The number of aryl methyl sites for hydroxylation is 2. The van der Waals surface area contributed by atoms with Gasteiger partial charge in [0, 0.05) is 29.2 Å². The SMILES string of the molecule is CCCc1nc(-c2ccc(N)c(Br)c2)n(C)n1. The Hall–Kier alpha value is -1.36. The molecule has 0 aliphatic rings. The van der Waals surface area contributed by atoms with E-state index in [9.17, 15) is 0 Å². The van der Waals surface area contributed by atoms with E-state index in [0.29, 0.717) is 0 Å². The van der Waals surface area contributed by atoms with Crippen molar-refractivity contribution >= 4 is 21.6 Å². The van der Waals surface area contributed by atoms with Gasteiger partial charge in [0.05, 0.1) is 0 Å². The van der Waals surface area contributed by atoms with Gasteiger partial charge in [-0.15, -0.1) is 0 Å². The Labute approximate surface area is 109 Å². The van der Waals surface area contributed by atoms with E-state index < -0.39 is 0 Å². The highest BCUT2D eigenvalue weighted by atomic mass is 79.9. The molecule has 1 heterocycles. The van der Waals surface area contributed by atoms with Crippen molar-refractivity contribution in [1.82, 2.24) is 14.8 Å². The first kappa shape index (κ1) is 12.1. The molecule has 90 valence electrons. The molecule has 4 nitrogen and oxygen atoms in total. The summed E-state index contributed by atoms with van der Waals surface area (Å²) in [6, 6.07) is 5.79. The molecule has 2 rings (SSSR count). The lowest BCUT2D eigenvalue weighted by atomic mass is 10.2. The zero-order valence-electron chi connectivity index (χ0n) is 9.94. The third-order valence-electron chi connectivity index (χ3n) is 2.54. The molecule has 0 atom stereocenters. The van der Waals surface area contributed by atoms with Crippen LogP contribution in [0.25, 0.3) is 11.4 Å². The summed E-state index contributed by atoms with van der Waals surface area (Å²) in [5.41, 5.74) is 7.51. The molecule has 0 bridgehead atoms. The molecule has 0 saturated carbocycles. The molecule has 2 aromatic rings. The average molecular weight is 295 g/mol. The topological polar surface area (TPSA) is 56.7 Å². The number of anilines is 1. The first-order valence-electron chi connectivity index (χ1n) is 5.57. The highest BCUT2D eigenvalue weighted by Gasteiger charge is 2.09. The number of hydrogen-bond donors (Lipinski definition) is 1. The molecule has 0 spiro atoms. The fourth-order valence-electron chi connectivity index (χ4n) is 1.68. The van der Waals surface area contributed by atoms with Crippen LogP contribution >= 0.6 is 15.9 Å². The molecule has 17 heavy (non-hydrogen) atoms. The quantitative estimate of drug-likeness (QED) is 0.886. The van der Waals surface area contributed by atoms with Gasteiger partial charge in [0.15, 0.2) is 11.6 Å². The first-order chi connectivity index (χ1) is 8.11. The molecule has 5 heteroatoms. The van der Waals surface area contributed by atoms with Gasteiger partial charge in [0.2, 0.25) is 0 Å². The van der Waals surface area contributed by atoms with Gasteiger partial charge in [-0.25, -0.2) is 9.67 Å². The number of rotatable bonds is 3. The number of nitrogens with two attached hydrogens (primary N) is 1. The normalized spacial score (nSPS) is 10.8. The minimum absolute atomic E-state index is 0.727. The summed E-state index contributed by atoms with van der Waals surface area (Å²) in [4.78, 5) is 4.53. The molecular formula is C12H15BrN4. The molecule has 0 radical (unpaired) electrons. The predicted molar refractivity (Wildman–Crippen MR) is 72.5 cm³/mol.